The molecule has 33 valence electrons. The van der Waals surface area contributed by atoms with Crippen molar-refractivity contribution in [2.45, 2.75) is 0 Å². The van der Waals surface area contributed by atoms with Crippen LogP contribution in [0.2, 0.25) is 0 Å². The molecule has 0 aliphatic rings. The summed E-state index contributed by atoms with van der Waals surface area (Å²) in [5.74, 6) is 0. The topological polar surface area (TPSA) is 0 Å². The molecule has 0 bridgehead atoms. The standard InChI is InChI=1S/Au.Ni.2Se. The van der Waals surface area contributed by atoms with Gasteiger partial charge in [-0.05, 0) is 0 Å². The number of rotatable bonds is 0. The molecule has 0 unspecified atom stereocenters. The van der Waals surface area contributed by atoms with Crippen LogP contribution in [0.4, 0.5) is 0 Å². The van der Waals surface area contributed by atoms with E-state index < -0.39 is 0 Å². The second kappa shape index (κ2) is 8.99. The van der Waals surface area contributed by atoms with Crippen LogP contribution >= 0.6 is 0 Å². The predicted octanol–water partition coefficient (Wildman–Crippen LogP) is -0.767. The van der Waals surface area contributed by atoms with Crippen molar-refractivity contribution in [3.05, 3.63) is 0 Å². The van der Waals surface area contributed by atoms with Gasteiger partial charge in [-0.25, -0.2) is 0 Å². The van der Waals surface area contributed by atoms with E-state index in [0.717, 1.165) is 0 Å². The van der Waals surface area contributed by atoms with E-state index in [4.69, 9.17) is 0 Å². The van der Waals surface area contributed by atoms with E-state index in [2.05, 4.69) is 27.5 Å². The summed E-state index contributed by atoms with van der Waals surface area (Å²) in [5, 5.41) is 0. The van der Waals surface area contributed by atoms with Crippen LogP contribution in [-0.4, -0.2) is 27.5 Å². The van der Waals surface area contributed by atoms with Crippen LogP contribution in [0.1, 0.15) is 0 Å². The fourth-order valence-corrected chi connectivity index (χ4v) is 0. The zero-order chi connectivity index (χ0) is 2.71. The van der Waals surface area contributed by atoms with E-state index in [-0.39, 0.29) is 22.4 Å². The summed E-state index contributed by atoms with van der Waals surface area (Å²) in [6.45, 7) is 0. The van der Waals surface area contributed by atoms with Crippen LogP contribution in [0, 0.1) is 0 Å². The van der Waals surface area contributed by atoms with Gasteiger partial charge in [0.25, 0.3) is 0 Å². The first-order valence-electron chi connectivity index (χ1n) is 0.258. The third kappa shape index (κ3) is 8.86. The van der Waals surface area contributed by atoms with E-state index in [0.29, 0.717) is 0 Å². The SMILES string of the molecule is [Au].[Se]=[Ni]=[Se]. The second-order valence-electron chi connectivity index (χ2n) is 0.0527. The summed E-state index contributed by atoms with van der Waals surface area (Å²) in [5.41, 5.74) is 0. The van der Waals surface area contributed by atoms with Crippen molar-refractivity contribution in [3.63, 3.8) is 0 Å². The van der Waals surface area contributed by atoms with E-state index in [9.17, 15) is 0 Å². The van der Waals surface area contributed by atoms with Crippen molar-refractivity contribution in [2.75, 3.05) is 0 Å². The molecule has 4 heteroatoms. The fraction of sp³-hybridized carbons (Fsp3) is 0. The molecule has 0 aromatic carbocycles. The predicted molar refractivity (Wildman–Crippen MR) is 11.5 cm³/mol. The van der Waals surface area contributed by atoms with Gasteiger partial charge in [0.1, 0.15) is 0 Å². The Hall–Kier alpha value is 2.27. The van der Waals surface area contributed by atoms with Gasteiger partial charge in [0, 0.05) is 22.4 Å². The van der Waals surface area contributed by atoms with E-state index >= 15 is 0 Å². The summed E-state index contributed by atoms with van der Waals surface area (Å²) < 4.78 is 0. The Morgan fingerprint density at radius 1 is 1.25 bits per heavy atom. The van der Waals surface area contributed by atoms with Crippen molar-refractivity contribution in [3.8, 4) is 0 Å². The van der Waals surface area contributed by atoms with Crippen LogP contribution in [0.5, 0.6) is 0 Å². The molecule has 0 spiro atoms. The average molecular weight is 414 g/mol. The van der Waals surface area contributed by atoms with Gasteiger partial charge in [0.2, 0.25) is 0 Å². The minimum atomic E-state index is 0. The van der Waals surface area contributed by atoms with Gasteiger partial charge >= 0.3 is 37.4 Å². The molecule has 0 saturated heterocycles. The summed E-state index contributed by atoms with van der Waals surface area (Å²) in [6, 6.07) is 0. The normalized spacial score (nSPS) is 5.00. The quantitative estimate of drug-likeness (QED) is 0.458. The molecule has 0 heterocycles. The van der Waals surface area contributed by atoms with E-state index in [1.807, 2.05) is 0 Å². The summed E-state index contributed by atoms with van der Waals surface area (Å²) in [7, 11) is 1.38. The fourth-order valence-electron chi connectivity index (χ4n) is 0. The molecule has 0 aliphatic carbocycles. The average Bonchev–Trinajstić information content (AvgIpc) is 0.918. The monoisotopic (exact) mass is 415 g/mol. The molecule has 0 aromatic rings. The van der Waals surface area contributed by atoms with Gasteiger partial charge in [0.15, 0.2) is 0 Å². The van der Waals surface area contributed by atoms with E-state index in [1.54, 1.807) is 0 Å². The second-order valence-corrected chi connectivity index (χ2v) is 5.87. The van der Waals surface area contributed by atoms with Crippen LogP contribution < -0.4 is 0 Å². The first-order chi connectivity index (χ1) is 1.41. The van der Waals surface area contributed by atoms with Gasteiger partial charge in [-0.1, -0.05) is 0 Å². The molecule has 0 nitrogen and oxygen atoms in total. The molecular weight excluding hydrogens is 414 g/mol. The van der Waals surface area contributed by atoms with Crippen molar-refractivity contribution in [2.24, 2.45) is 0 Å². The van der Waals surface area contributed by atoms with Crippen molar-refractivity contribution in [1.29, 1.82) is 0 Å². The van der Waals surface area contributed by atoms with Crippen molar-refractivity contribution in [1.82, 2.24) is 0 Å². The number of hydrogen-bond acceptors (Lipinski definition) is 0. The van der Waals surface area contributed by atoms with Crippen molar-refractivity contribution < 1.29 is 32.2 Å². The molecular formula is AuNiSe2. The Kier molecular flexibility index (Phi) is 21.5. The third-order valence-corrected chi connectivity index (χ3v) is 0. The maximum absolute atomic E-state index is 2.69. The van der Waals surface area contributed by atoms with Crippen LogP contribution in [0.15, 0.2) is 0 Å². The Morgan fingerprint density at radius 3 is 1.25 bits per heavy atom. The van der Waals surface area contributed by atoms with Crippen LogP contribution in [0.25, 0.3) is 0 Å². The van der Waals surface area contributed by atoms with Crippen molar-refractivity contribution >= 4 is 27.5 Å². The number of hydrogen-bond donors (Lipinski definition) is 0. The van der Waals surface area contributed by atoms with Crippen LogP contribution in [-0.2, 0) is 32.2 Å². The molecule has 0 aliphatic heterocycles. The first kappa shape index (κ1) is 9.55. The molecule has 4 heavy (non-hydrogen) atoms. The summed E-state index contributed by atoms with van der Waals surface area (Å²) in [4.78, 5) is 0. The van der Waals surface area contributed by atoms with Gasteiger partial charge in [-0.3, -0.25) is 0 Å². The van der Waals surface area contributed by atoms with Gasteiger partial charge in [-0.15, -0.1) is 0 Å². The summed E-state index contributed by atoms with van der Waals surface area (Å²) >= 11 is 5.38. The molecule has 0 rings (SSSR count). The molecule has 0 amide bonds. The summed E-state index contributed by atoms with van der Waals surface area (Å²) in [6.07, 6.45) is 0. The zero-order valence-electron chi connectivity index (χ0n) is 1.43. The zero-order valence-corrected chi connectivity index (χ0v) is 8.01. The molecule has 1 radical (unpaired) electrons. The molecule has 0 saturated carbocycles. The molecule has 0 atom stereocenters. The third-order valence-electron chi connectivity index (χ3n) is 0. The maximum atomic E-state index is 2.69. The Balaban J connectivity index is 0. The Bertz CT molecular complexity index is 27.0. The van der Waals surface area contributed by atoms with Crippen LogP contribution in [0.3, 0.4) is 0 Å². The molecule has 0 fully saturated rings. The van der Waals surface area contributed by atoms with Gasteiger partial charge < -0.3 is 0 Å². The minimum absolute atomic E-state index is 0. The Labute approximate surface area is 59.0 Å². The van der Waals surface area contributed by atoms with E-state index in [1.165, 1.54) is 9.81 Å². The molecule has 0 N–H and O–H groups in total. The van der Waals surface area contributed by atoms with Gasteiger partial charge in [-0.2, -0.15) is 0 Å². The molecule has 0 aromatic heterocycles. The van der Waals surface area contributed by atoms with Gasteiger partial charge in [0.05, 0.1) is 0 Å². The first-order valence-corrected chi connectivity index (χ1v) is 5.53. The Morgan fingerprint density at radius 2 is 1.25 bits per heavy atom.